The Hall–Kier alpha value is -0.240. The molecule has 5 aliphatic heterocycles. The van der Waals surface area contributed by atoms with E-state index in [0.29, 0.717) is 13.2 Å². The molecule has 0 amide bonds. The molecule has 0 radical (unpaired) electrons. The highest BCUT2D eigenvalue weighted by Gasteiger charge is 2.83. The molecule has 1 saturated carbocycles. The van der Waals surface area contributed by atoms with E-state index in [-0.39, 0.29) is 18.3 Å². The molecular formula is C9H10O6. The zero-order valence-corrected chi connectivity index (χ0v) is 7.79. The lowest BCUT2D eigenvalue weighted by Crippen LogP contribution is -2.78. The van der Waals surface area contributed by atoms with Crippen LogP contribution in [0.2, 0.25) is 0 Å². The Morgan fingerprint density at radius 1 is 0.933 bits per heavy atom. The predicted octanol–water partition coefficient (Wildman–Crippen LogP) is -1.63. The zero-order chi connectivity index (χ0) is 9.84. The molecule has 0 unspecified atom stereocenters. The number of aliphatic hydroxyl groups excluding tert-OH is 1. The predicted molar refractivity (Wildman–Crippen MR) is 41.8 cm³/mol. The molecule has 0 aromatic carbocycles. The van der Waals surface area contributed by atoms with Crippen molar-refractivity contribution in [1.29, 1.82) is 0 Å². The normalized spacial score (nSPS) is 73.0. The first-order chi connectivity index (χ1) is 7.26. The fourth-order valence-electron chi connectivity index (χ4n) is 3.32. The van der Waals surface area contributed by atoms with Crippen molar-refractivity contribution < 1.29 is 28.8 Å². The molecule has 82 valence electrons. The van der Waals surface area contributed by atoms with Crippen molar-refractivity contribution in [2.45, 2.75) is 42.1 Å². The van der Waals surface area contributed by atoms with Gasteiger partial charge in [-0.3, -0.25) is 0 Å². The van der Waals surface area contributed by atoms with Gasteiger partial charge in [0.25, 0.3) is 6.48 Å². The number of hydrogen-bond acceptors (Lipinski definition) is 6. The number of aliphatic hydroxyl groups is 1. The quantitative estimate of drug-likeness (QED) is 0.488. The average Bonchev–Trinajstić information content (AvgIpc) is 3.09. The van der Waals surface area contributed by atoms with Crippen LogP contribution in [-0.4, -0.2) is 60.4 Å². The zero-order valence-electron chi connectivity index (χ0n) is 7.79. The van der Waals surface area contributed by atoms with Gasteiger partial charge in [0.15, 0.2) is 0 Å². The van der Waals surface area contributed by atoms with Crippen LogP contribution in [0.5, 0.6) is 0 Å². The van der Waals surface area contributed by atoms with E-state index in [4.69, 9.17) is 23.7 Å². The second kappa shape index (κ2) is 1.97. The van der Waals surface area contributed by atoms with Gasteiger partial charge < -0.3 is 28.8 Å². The Morgan fingerprint density at radius 2 is 1.47 bits per heavy atom. The van der Waals surface area contributed by atoms with Gasteiger partial charge in [-0.25, -0.2) is 0 Å². The molecule has 1 N–H and O–H groups in total. The molecule has 6 fully saturated rings. The van der Waals surface area contributed by atoms with Gasteiger partial charge in [-0.15, -0.1) is 0 Å². The number of hydrogen-bond donors (Lipinski definition) is 1. The van der Waals surface area contributed by atoms with Crippen LogP contribution in [0.25, 0.3) is 0 Å². The first kappa shape index (κ1) is 7.94. The second-order valence-electron chi connectivity index (χ2n) is 4.90. The van der Waals surface area contributed by atoms with Gasteiger partial charge in [0, 0.05) is 0 Å². The Morgan fingerprint density at radius 3 is 1.93 bits per heavy atom. The smallest absolute Gasteiger partial charge is 0.273 e. The van der Waals surface area contributed by atoms with Gasteiger partial charge >= 0.3 is 0 Å². The van der Waals surface area contributed by atoms with Crippen LogP contribution in [0, 0.1) is 0 Å². The van der Waals surface area contributed by atoms with Crippen LogP contribution < -0.4 is 0 Å². The molecule has 5 saturated heterocycles. The van der Waals surface area contributed by atoms with Crippen molar-refractivity contribution >= 4 is 0 Å². The van der Waals surface area contributed by atoms with Crippen molar-refractivity contribution in [2.24, 2.45) is 0 Å². The summed E-state index contributed by atoms with van der Waals surface area (Å²) >= 11 is 0. The minimum atomic E-state index is -0.675. The lowest BCUT2D eigenvalue weighted by atomic mass is 9.71. The minimum Gasteiger partial charge on any atom is -0.387 e. The van der Waals surface area contributed by atoms with Crippen molar-refractivity contribution in [3.05, 3.63) is 0 Å². The molecule has 6 heteroatoms. The molecule has 0 aromatic rings. The van der Waals surface area contributed by atoms with E-state index in [0.717, 1.165) is 0 Å². The molecule has 1 aliphatic carbocycles. The summed E-state index contributed by atoms with van der Waals surface area (Å²) in [6, 6.07) is 0. The van der Waals surface area contributed by atoms with Crippen LogP contribution in [0.4, 0.5) is 0 Å². The molecule has 4 bridgehead atoms. The highest BCUT2D eigenvalue weighted by molar-refractivity contribution is 5.29. The van der Waals surface area contributed by atoms with Crippen LogP contribution >= 0.6 is 0 Å². The number of ether oxygens (including phenoxy) is 5. The molecule has 5 heterocycles. The largest absolute Gasteiger partial charge is 0.387 e. The molecule has 6 rings (SSSR count). The monoisotopic (exact) mass is 214 g/mol. The SMILES string of the molecule is OC1[C@H]2OC3OC([C@@]24CO4)[C@@]2(CO2)[C@@H]1O3. The highest BCUT2D eigenvalue weighted by Crippen LogP contribution is 2.61. The van der Waals surface area contributed by atoms with E-state index in [1.807, 2.05) is 0 Å². The fourth-order valence-corrected chi connectivity index (χ4v) is 3.32. The maximum Gasteiger partial charge on any atom is 0.273 e. The summed E-state index contributed by atoms with van der Waals surface area (Å²) in [5.74, 6) is 0. The fraction of sp³-hybridized carbons (Fsp3) is 1.00. The van der Waals surface area contributed by atoms with Crippen molar-refractivity contribution in [3.8, 4) is 0 Å². The second-order valence-corrected chi connectivity index (χ2v) is 4.90. The molecule has 6 nitrogen and oxygen atoms in total. The maximum atomic E-state index is 10.1. The van der Waals surface area contributed by atoms with Crippen LogP contribution in [0.3, 0.4) is 0 Å². The van der Waals surface area contributed by atoms with Gasteiger partial charge in [0.1, 0.15) is 35.6 Å². The Kier molecular flexibility index (Phi) is 1.04. The Balaban J connectivity index is 1.70. The van der Waals surface area contributed by atoms with Crippen LogP contribution in [0.1, 0.15) is 0 Å². The molecule has 4 atom stereocenters. The minimum absolute atomic E-state index is 0.143. The molecule has 6 aliphatic rings. The van der Waals surface area contributed by atoms with Gasteiger partial charge in [-0.05, 0) is 0 Å². The topological polar surface area (TPSA) is 73.0 Å². The molecular weight excluding hydrogens is 204 g/mol. The summed E-state index contributed by atoms with van der Waals surface area (Å²) in [5.41, 5.74) is -0.959. The third-order valence-electron chi connectivity index (χ3n) is 4.19. The number of rotatable bonds is 0. The summed E-state index contributed by atoms with van der Waals surface area (Å²) in [4.78, 5) is 0. The van der Waals surface area contributed by atoms with Crippen molar-refractivity contribution in [1.82, 2.24) is 0 Å². The lowest BCUT2D eigenvalue weighted by Gasteiger charge is -2.57. The molecule has 0 aromatic heterocycles. The van der Waals surface area contributed by atoms with E-state index in [2.05, 4.69) is 0 Å². The third kappa shape index (κ3) is 0.658. The molecule has 15 heavy (non-hydrogen) atoms. The van der Waals surface area contributed by atoms with Crippen LogP contribution in [0.15, 0.2) is 0 Å². The first-order valence-electron chi connectivity index (χ1n) is 5.19. The van der Waals surface area contributed by atoms with E-state index in [9.17, 15) is 5.11 Å². The Labute approximate surface area is 85.0 Å². The first-order valence-corrected chi connectivity index (χ1v) is 5.19. The van der Waals surface area contributed by atoms with Crippen molar-refractivity contribution in [3.63, 3.8) is 0 Å². The highest BCUT2D eigenvalue weighted by atomic mass is 16.9. The lowest BCUT2D eigenvalue weighted by molar-refractivity contribution is -0.474. The average molecular weight is 214 g/mol. The van der Waals surface area contributed by atoms with E-state index < -0.39 is 23.8 Å². The van der Waals surface area contributed by atoms with E-state index in [1.165, 1.54) is 0 Å². The van der Waals surface area contributed by atoms with Gasteiger partial charge in [0.05, 0.1) is 13.2 Å². The standard InChI is InChI=1S/C9H10O6/c10-3-4-8(1-11-8)6-9(2-12-9)5(3)14-7(13-4)15-6/h3-7,10H,1-2H2/t3?,4-,5-,6?,7?,8-,9-/m1/s1. The molecule has 2 spiro atoms. The van der Waals surface area contributed by atoms with E-state index >= 15 is 0 Å². The summed E-state index contributed by atoms with van der Waals surface area (Å²) in [6.07, 6.45) is -1.47. The van der Waals surface area contributed by atoms with E-state index in [1.54, 1.807) is 0 Å². The summed E-state index contributed by atoms with van der Waals surface area (Å²) in [6.45, 7) is 0.492. The number of epoxide rings is 2. The van der Waals surface area contributed by atoms with Gasteiger partial charge in [-0.1, -0.05) is 0 Å². The third-order valence-corrected chi connectivity index (χ3v) is 4.19. The maximum absolute atomic E-state index is 10.1. The summed E-state index contributed by atoms with van der Waals surface area (Å²) in [7, 11) is 0. The van der Waals surface area contributed by atoms with Gasteiger partial charge in [-0.2, -0.15) is 0 Å². The summed E-state index contributed by atoms with van der Waals surface area (Å²) < 4.78 is 27.5. The van der Waals surface area contributed by atoms with Crippen LogP contribution in [-0.2, 0) is 23.7 Å². The summed E-state index contributed by atoms with van der Waals surface area (Å²) in [5, 5.41) is 10.1. The van der Waals surface area contributed by atoms with Crippen molar-refractivity contribution in [2.75, 3.05) is 13.2 Å². The Bertz CT molecular complexity index is 319. The van der Waals surface area contributed by atoms with Gasteiger partial charge in [0.2, 0.25) is 0 Å².